The molecule has 0 unspecified atom stereocenters. The molecule has 2 aromatic rings. The van der Waals surface area contributed by atoms with Gasteiger partial charge < -0.3 is 19.7 Å². The number of para-hydroxylation sites is 1. The summed E-state index contributed by atoms with van der Waals surface area (Å²) in [4.78, 5) is 14.7. The molecule has 0 atom stereocenters. The third kappa shape index (κ3) is 8.39. The van der Waals surface area contributed by atoms with E-state index in [1.807, 2.05) is 48.5 Å². The Morgan fingerprint density at radius 1 is 0.969 bits per heavy atom. The Morgan fingerprint density at radius 3 is 2.53 bits per heavy atom. The predicted molar refractivity (Wildman–Crippen MR) is 131 cm³/mol. The second kappa shape index (κ2) is 13.6. The molecule has 1 saturated heterocycles. The van der Waals surface area contributed by atoms with E-state index in [0.717, 1.165) is 23.4 Å². The van der Waals surface area contributed by atoms with Gasteiger partial charge in [0.1, 0.15) is 0 Å². The van der Waals surface area contributed by atoms with Crippen LogP contribution in [0.1, 0.15) is 50.5 Å². The maximum Gasteiger partial charge on any atom is 0.248 e. The first-order chi connectivity index (χ1) is 15.7. The SMILES string of the molecule is COc1cc(/C=C/C(=O)Nc2ccccc2)ccc1OCCCCCCN1CCCCC1. The van der Waals surface area contributed by atoms with Crippen molar-refractivity contribution >= 4 is 17.7 Å². The van der Waals surface area contributed by atoms with Gasteiger partial charge in [-0.15, -0.1) is 0 Å². The van der Waals surface area contributed by atoms with Crippen LogP contribution in [0.3, 0.4) is 0 Å². The standard InChI is InChI=1S/C27H36N2O3/c1-31-26-22-23(15-17-27(30)28-24-12-6-4-7-13-24)14-16-25(26)32-21-11-3-2-8-18-29-19-9-5-10-20-29/h4,6-7,12-17,22H,2-3,5,8-11,18-21H2,1H3,(H,28,30)/b17-15+. The average molecular weight is 437 g/mol. The number of carbonyl (C=O) groups excluding carboxylic acids is 1. The van der Waals surface area contributed by atoms with Crippen LogP contribution >= 0.6 is 0 Å². The average Bonchev–Trinajstić information content (AvgIpc) is 2.84. The fourth-order valence-corrected chi connectivity index (χ4v) is 3.94. The van der Waals surface area contributed by atoms with E-state index in [9.17, 15) is 4.79 Å². The van der Waals surface area contributed by atoms with Gasteiger partial charge in [-0.25, -0.2) is 0 Å². The van der Waals surface area contributed by atoms with Crippen molar-refractivity contribution in [2.75, 3.05) is 38.7 Å². The number of likely N-dealkylation sites (tertiary alicyclic amines) is 1. The molecule has 1 heterocycles. The van der Waals surface area contributed by atoms with E-state index in [0.29, 0.717) is 12.4 Å². The highest BCUT2D eigenvalue weighted by Crippen LogP contribution is 2.29. The number of nitrogens with zero attached hydrogens (tertiary/aromatic N) is 1. The van der Waals surface area contributed by atoms with E-state index >= 15 is 0 Å². The van der Waals surface area contributed by atoms with Crippen LogP contribution in [0.2, 0.25) is 0 Å². The first kappa shape index (κ1) is 23.9. The van der Waals surface area contributed by atoms with E-state index in [1.165, 1.54) is 64.2 Å². The maximum absolute atomic E-state index is 12.1. The lowest BCUT2D eigenvalue weighted by atomic mass is 10.1. The molecule has 3 rings (SSSR count). The summed E-state index contributed by atoms with van der Waals surface area (Å²) in [6.07, 6.45) is 12.2. The monoisotopic (exact) mass is 436 g/mol. The first-order valence-corrected chi connectivity index (χ1v) is 11.8. The zero-order valence-electron chi connectivity index (χ0n) is 19.2. The number of piperidine rings is 1. The minimum Gasteiger partial charge on any atom is -0.493 e. The highest BCUT2D eigenvalue weighted by molar-refractivity contribution is 6.01. The van der Waals surface area contributed by atoms with E-state index in [4.69, 9.17) is 9.47 Å². The zero-order chi connectivity index (χ0) is 22.4. The summed E-state index contributed by atoms with van der Waals surface area (Å²) in [5, 5.41) is 2.84. The quantitative estimate of drug-likeness (QED) is 0.339. The number of benzene rings is 2. The Balaban J connectivity index is 1.37. The van der Waals surface area contributed by atoms with Crippen molar-refractivity contribution in [2.24, 2.45) is 0 Å². The summed E-state index contributed by atoms with van der Waals surface area (Å²) < 4.78 is 11.4. The minimum absolute atomic E-state index is 0.171. The number of unbranched alkanes of at least 4 members (excludes halogenated alkanes) is 3. The Kier molecular flexibility index (Phi) is 10.1. The highest BCUT2D eigenvalue weighted by Gasteiger charge is 2.09. The number of ether oxygens (including phenoxy) is 2. The van der Waals surface area contributed by atoms with Crippen LogP contribution in [-0.2, 0) is 4.79 Å². The summed E-state index contributed by atoms with van der Waals surface area (Å²) >= 11 is 0. The van der Waals surface area contributed by atoms with Crippen LogP contribution in [0.25, 0.3) is 6.08 Å². The lowest BCUT2D eigenvalue weighted by molar-refractivity contribution is -0.111. The predicted octanol–water partition coefficient (Wildman–Crippen LogP) is 5.77. The Labute approximate surface area is 192 Å². The van der Waals surface area contributed by atoms with E-state index < -0.39 is 0 Å². The summed E-state index contributed by atoms with van der Waals surface area (Å²) in [5.41, 5.74) is 1.66. The molecule has 172 valence electrons. The molecule has 32 heavy (non-hydrogen) atoms. The number of carbonyl (C=O) groups is 1. The molecule has 1 N–H and O–H groups in total. The second-order valence-corrected chi connectivity index (χ2v) is 8.26. The molecule has 0 aromatic heterocycles. The van der Waals surface area contributed by atoms with Crippen molar-refractivity contribution in [2.45, 2.75) is 44.9 Å². The smallest absolute Gasteiger partial charge is 0.248 e. The number of hydrogen-bond donors (Lipinski definition) is 1. The first-order valence-electron chi connectivity index (χ1n) is 11.8. The molecule has 0 saturated carbocycles. The lowest BCUT2D eigenvalue weighted by Gasteiger charge is -2.26. The Bertz CT molecular complexity index is 845. The molecule has 0 bridgehead atoms. The van der Waals surface area contributed by atoms with E-state index in [-0.39, 0.29) is 5.91 Å². The van der Waals surface area contributed by atoms with Gasteiger partial charge in [0, 0.05) is 11.8 Å². The molecule has 5 heteroatoms. The number of hydrogen-bond acceptors (Lipinski definition) is 4. The van der Waals surface area contributed by atoms with Gasteiger partial charge in [-0.2, -0.15) is 0 Å². The second-order valence-electron chi connectivity index (χ2n) is 8.26. The molecule has 1 amide bonds. The van der Waals surface area contributed by atoms with Crippen molar-refractivity contribution in [1.29, 1.82) is 0 Å². The minimum atomic E-state index is -0.171. The van der Waals surface area contributed by atoms with Gasteiger partial charge >= 0.3 is 0 Å². The van der Waals surface area contributed by atoms with Gasteiger partial charge in [-0.05, 0) is 81.2 Å². The van der Waals surface area contributed by atoms with E-state index in [1.54, 1.807) is 13.2 Å². The van der Waals surface area contributed by atoms with Crippen LogP contribution < -0.4 is 14.8 Å². The van der Waals surface area contributed by atoms with Crippen LogP contribution in [0.5, 0.6) is 11.5 Å². The topological polar surface area (TPSA) is 50.8 Å². The molecular formula is C27H36N2O3. The largest absolute Gasteiger partial charge is 0.493 e. The van der Waals surface area contributed by atoms with Gasteiger partial charge in [0.05, 0.1) is 13.7 Å². The van der Waals surface area contributed by atoms with Crippen LogP contribution in [-0.4, -0.2) is 44.2 Å². The molecule has 0 spiro atoms. The highest BCUT2D eigenvalue weighted by atomic mass is 16.5. The van der Waals surface area contributed by atoms with Crippen LogP contribution in [0.15, 0.2) is 54.6 Å². The molecule has 1 aliphatic rings. The van der Waals surface area contributed by atoms with E-state index in [2.05, 4.69) is 10.2 Å². The van der Waals surface area contributed by atoms with Gasteiger partial charge in [-0.3, -0.25) is 4.79 Å². The van der Waals surface area contributed by atoms with Crippen LogP contribution in [0, 0.1) is 0 Å². The number of methoxy groups -OCH3 is 1. The summed E-state index contributed by atoms with van der Waals surface area (Å²) in [6.45, 7) is 4.50. The summed E-state index contributed by atoms with van der Waals surface area (Å²) in [5.74, 6) is 1.25. The third-order valence-electron chi connectivity index (χ3n) is 5.73. The number of nitrogens with one attached hydrogen (secondary N) is 1. The lowest BCUT2D eigenvalue weighted by Crippen LogP contribution is -2.30. The number of rotatable bonds is 12. The van der Waals surface area contributed by atoms with Crippen molar-refractivity contribution < 1.29 is 14.3 Å². The summed E-state index contributed by atoms with van der Waals surface area (Å²) in [6, 6.07) is 15.1. The van der Waals surface area contributed by atoms with Crippen LogP contribution in [0.4, 0.5) is 5.69 Å². The van der Waals surface area contributed by atoms with Crippen molar-refractivity contribution in [3.8, 4) is 11.5 Å². The van der Waals surface area contributed by atoms with Gasteiger partial charge in [0.2, 0.25) is 5.91 Å². The normalized spacial score (nSPS) is 14.4. The van der Waals surface area contributed by atoms with Gasteiger partial charge in [0.25, 0.3) is 0 Å². The molecule has 1 aliphatic heterocycles. The van der Waals surface area contributed by atoms with Gasteiger partial charge in [-0.1, -0.05) is 43.5 Å². The number of amides is 1. The Morgan fingerprint density at radius 2 is 1.75 bits per heavy atom. The molecule has 2 aromatic carbocycles. The number of anilines is 1. The van der Waals surface area contributed by atoms with Gasteiger partial charge in [0.15, 0.2) is 11.5 Å². The fraction of sp³-hybridized carbons (Fsp3) is 0.444. The summed E-state index contributed by atoms with van der Waals surface area (Å²) in [7, 11) is 1.64. The maximum atomic E-state index is 12.1. The molecular weight excluding hydrogens is 400 g/mol. The molecule has 1 fully saturated rings. The molecule has 5 nitrogen and oxygen atoms in total. The molecule has 0 radical (unpaired) electrons. The zero-order valence-corrected chi connectivity index (χ0v) is 19.2. The Hall–Kier alpha value is -2.79. The van der Waals surface area contributed by atoms with Crippen molar-refractivity contribution in [3.63, 3.8) is 0 Å². The third-order valence-corrected chi connectivity index (χ3v) is 5.73. The molecule has 0 aliphatic carbocycles. The van der Waals surface area contributed by atoms with Crippen molar-refractivity contribution in [3.05, 3.63) is 60.2 Å². The fourth-order valence-electron chi connectivity index (χ4n) is 3.94. The van der Waals surface area contributed by atoms with Crippen molar-refractivity contribution in [1.82, 2.24) is 4.90 Å².